The molecule has 1 saturated carbocycles. The van der Waals surface area contributed by atoms with E-state index in [1.807, 2.05) is 0 Å². The van der Waals surface area contributed by atoms with E-state index >= 15 is 0 Å². The number of nitrogens with zero attached hydrogens (tertiary/aromatic N) is 1. The van der Waals surface area contributed by atoms with Crippen LogP contribution in [0.1, 0.15) is 19.8 Å². The van der Waals surface area contributed by atoms with Crippen molar-refractivity contribution in [2.45, 2.75) is 38.0 Å². The van der Waals surface area contributed by atoms with E-state index in [4.69, 9.17) is 9.47 Å². The predicted octanol–water partition coefficient (Wildman–Crippen LogP) is 0.720. The molecule has 2 aliphatic rings. The number of methoxy groups -OCH3 is 2. The molecule has 4 atom stereocenters. The third-order valence-electron chi connectivity index (χ3n) is 4.35. The summed E-state index contributed by atoms with van der Waals surface area (Å²) in [6, 6.07) is 0.742. The molecule has 1 aliphatic carbocycles. The topological polar surface area (TPSA) is 33.7 Å². The zero-order valence-electron chi connectivity index (χ0n) is 11.3. The molecule has 0 aromatic carbocycles. The van der Waals surface area contributed by atoms with E-state index in [2.05, 4.69) is 17.1 Å². The van der Waals surface area contributed by atoms with Crippen molar-refractivity contribution in [2.75, 3.05) is 40.4 Å². The van der Waals surface area contributed by atoms with Crippen LogP contribution in [0.25, 0.3) is 0 Å². The predicted molar refractivity (Wildman–Crippen MR) is 68.2 cm³/mol. The first-order valence-electron chi connectivity index (χ1n) is 6.80. The lowest BCUT2D eigenvalue weighted by Gasteiger charge is -2.43. The molecule has 1 saturated heterocycles. The molecule has 17 heavy (non-hydrogen) atoms. The second-order valence-corrected chi connectivity index (χ2v) is 5.21. The monoisotopic (exact) mass is 242 g/mol. The van der Waals surface area contributed by atoms with Crippen molar-refractivity contribution in [2.24, 2.45) is 5.92 Å². The van der Waals surface area contributed by atoms with Gasteiger partial charge in [-0.25, -0.2) is 0 Å². The van der Waals surface area contributed by atoms with Crippen LogP contribution in [0.3, 0.4) is 0 Å². The Hall–Kier alpha value is -0.160. The van der Waals surface area contributed by atoms with E-state index in [9.17, 15) is 0 Å². The van der Waals surface area contributed by atoms with E-state index < -0.39 is 0 Å². The summed E-state index contributed by atoms with van der Waals surface area (Å²) < 4.78 is 11.0. The maximum absolute atomic E-state index is 5.50. The first-order valence-corrected chi connectivity index (χ1v) is 6.80. The minimum absolute atomic E-state index is 0.250. The fourth-order valence-corrected chi connectivity index (χ4v) is 3.10. The average molecular weight is 242 g/mol. The molecular weight excluding hydrogens is 216 g/mol. The third kappa shape index (κ3) is 2.81. The van der Waals surface area contributed by atoms with Crippen LogP contribution >= 0.6 is 0 Å². The lowest BCUT2D eigenvalue weighted by molar-refractivity contribution is -0.00461. The molecule has 100 valence electrons. The van der Waals surface area contributed by atoms with Crippen molar-refractivity contribution >= 4 is 0 Å². The number of hydrogen-bond donors (Lipinski definition) is 1. The summed E-state index contributed by atoms with van der Waals surface area (Å²) in [5, 5.41) is 3.46. The maximum Gasteiger partial charge on any atom is 0.0971 e. The Morgan fingerprint density at radius 3 is 2.18 bits per heavy atom. The third-order valence-corrected chi connectivity index (χ3v) is 4.35. The van der Waals surface area contributed by atoms with Gasteiger partial charge in [0.25, 0.3) is 0 Å². The Morgan fingerprint density at radius 1 is 1.12 bits per heavy atom. The van der Waals surface area contributed by atoms with Crippen LogP contribution in [0, 0.1) is 5.92 Å². The average Bonchev–Trinajstić information content (AvgIpc) is 2.71. The molecule has 4 unspecified atom stereocenters. The van der Waals surface area contributed by atoms with Crippen LogP contribution in [0.4, 0.5) is 0 Å². The van der Waals surface area contributed by atoms with Crippen LogP contribution in [0.15, 0.2) is 0 Å². The fourth-order valence-electron chi connectivity index (χ4n) is 3.10. The van der Waals surface area contributed by atoms with Gasteiger partial charge in [0.15, 0.2) is 0 Å². The molecular formula is C13H26N2O2. The van der Waals surface area contributed by atoms with Gasteiger partial charge in [-0.2, -0.15) is 0 Å². The van der Waals surface area contributed by atoms with Gasteiger partial charge in [0.05, 0.1) is 12.2 Å². The Bertz CT molecular complexity index is 225. The first kappa shape index (κ1) is 13.3. The van der Waals surface area contributed by atoms with Crippen molar-refractivity contribution < 1.29 is 9.47 Å². The number of ether oxygens (including phenoxy) is 2. The molecule has 1 N–H and O–H groups in total. The Labute approximate surface area is 105 Å². The molecule has 2 rings (SSSR count). The van der Waals surface area contributed by atoms with E-state index in [-0.39, 0.29) is 12.2 Å². The number of rotatable bonds is 6. The van der Waals surface area contributed by atoms with Crippen LogP contribution in [0.5, 0.6) is 0 Å². The van der Waals surface area contributed by atoms with Crippen LogP contribution in [-0.4, -0.2) is 63.5 Å². The summed E-state index contributed by atoms with van der Waals surface area (Å²) in [5.41, 5.74) is 0. The summed E-state index contributed by atoms with van der Waals surface area (Å²) in [6.07, 6.45) is 3.20. The summed E-state index contributed by atoms with van der Waals surface area (Å²) in [4.78, 5) is 2.56. The summed E-state index contributed by atoms with van der Waals surface area (Å²) in [7, 11) is 3.58. The molecule has 0 bridgehead atoms. The molecule has 0 spiro atoms. The van der Waals surface area contributed by atoms with E-state index in [1.54, 1.807) is 14.2 Å². The van der Waals surface area contributed by atoms with Gasteiger partial charge < -0.3 is 14.8 Å². The summed E-state index contributed by atoms with van der Waals surface area (Å²) >= 11 is 0. The van der Waals surface area contributed by atoms with Crippen molar-refractivity contribution in [3.63, 3.8) is 0 Å². The van der Waals surface area contributed by atoms with Gasteiger partial charge in [0, 0.05) is 33.4 Å². The second-order valence-electron chi connectivity index (χ2n) is 5.21. The zero-order valence-corrected chi connectivity index (χ0v) is 11.3. The molecule has 0 radical (unpaired) electrons. The van der Waals surface area contributed by atoms with E-state index in [0.717, 1.165) is 38.1 Å². The van der Waals surface area contributed by atoms with Crippen LogP contribution in [-0.2, 0) is 9.47 Å². The highest BCUT2D eigenvalue weighted by Crippen LogP contribution is 2.34. The lowest BCUT2D eigenvalue weighted by Crippen LogP contribution is -2.50. The van der Waals surface area contributed by atoms with Crippen molar-refractivity contribution in [1.82, 2.24) is 10.2 Å². The quantitative estimate of drug-likeness (QED) is 0.744. The van der Waals surface area contributed by atoms with Gasteiger partial charge >= 0.3 is 0 Å². The first-order chi connectivity index (χ1) is 8.30. The molecule has 1 aliphatic heterocycles. The van der Waals surface area contributed by atoms with Gasteiger partial charge in [-0.3, -0.25) is 4.90 Å². The van der Waals surface area contributed by atoms with Crippen LogP contribution < -0.4 is 5.32 Å². The normalized spacial score (nSPS) is 38.3. The molecule has 4 nitrogen and oxygen atoms in total. The van der Waals surface area contributed by atoms with Gasteiger partial charge in [-0.1, -0.05) is 6.92 Å². The molecule has 4 heteroatoms. The SMILES string of the molecule is CCNCC1CCC1N1CC(OC)C(OC)C1. The van der Waals surface area contributed by atoms with Gasteiger partial charge in [0.1, 0.15) is 0 Å². The standard InChI is InChI=1S/C13H26N2O2/c1-4-14-7-10-5-6-11(10)15-8-12(16-2)13(9-15)17-3/h10-14H,4-9H2,1-3H3. The largest absolute Gasteiger partial charge is 0.377 e. The Kier molecular flexibility index (Phi) is 4.79. The Morgan fingerprint density at radius 2 is 1.76 bits per heavy atom. The molecule has 0 aromatic rings. The summed E-state index contributed by atoms with van der Waals surface area (Å²) in [6.45, 7) is 6.47. The van der Waals surface area contributed by atoms with Crippen molar-refractivity contribution in [1.29, 1.82) is 0 Å². The Balaban J connectivity index is 1.83. The highest BCUT2D eigenvalue weighted by atomic mass is 16.5. The minimum atomic E-state index is 0.250. The highest BCUT2D eigenvalue weighted by molar-refractivity contribution is 4.96. The molecule has 2 fully saturated rings. The number of nitrogens with one attached hydrogen (secondary N) is 1. The maximum atomic E-state index is 5.50. The van der Waals surface area contributed by atoms with Crippen molar-refractivity contribution in [3.05, 3.63) is 0 Å². The number of likely N-dealkylation sites (tertiary alicyclic amines) is 1. The van der Waals surface area contributed by atoms with E-state index in [1.165, 1.54) is 12.8 Å². The smallest absolute Gasteiger partial charge is 0.0971 e. The highest BCUT2D eigenvalue weighted by Gasteiger charge is 2.42. The minimum Gasteiger partial charge on any atom is -0.377 e. The van der Waals surface area contributed by atoms with Gasteiger partial charge in [0.2, 0.25) is 0 Å². The number of hydrogen-bond acceptors (Lipinski definition) is 4. The van der Waals surface area contributed by atoms with Gasteiger partial charge in [-0.15, -0.1) is 0 Å². The molecule has 1 heterocycles. The molecule has 0 amide bonds. The van der Waals surface area contributed by atoms with Crippen molar-refractivity contribution in [3.8, 4) is 0 Å². The zero-order chi connectivity index (χ0) is 12.3. The van der Waals surface area contributed by atoms with Gasteiger partial charge in [-0.05, 0) is 31.8 Å². The molecule has 0 aromatic heterocycles. The van der Waals surface area contributed by atoms with Crippen LogP contribution in [0.2, 0.25) is 0 Å². The fraction of sp³-hybridized carbons (Fsp3) is 1.00. The lowest BCUT2D eigenvalue weighted by atomic mass is 9.78. The second kappa shape index (κ2) is 6.14. The van der Waals surface area contributed by atoms with E-state index in [0.29, 0.717) is 0 Å². The summed E-state index contributed by atoms with van der Waals surface area (Å²) in [5.74, 6) is 0.822.